The quantitative estimate of drug-likeness (QED) is 0.604. The molecule has 0 unspecified atom stereocenters. The summed E-state index contributed by atoms with van der Waals surface area (Å²) in [6, 6.07) is 2.99. The third kappa shape index (κ3) is 3.94. The highest BCUT2D eigenvalue weighted by atomic mass is 79.9. The van der Waals surface area contributed by atoms with Gasteiger partial charge in [-0.3, -0.25) is 0 Å². The molecule has 4 nitrogen and oxygen atoms in total. The van der Waals surface area contributed by atoms with Gasteiger partial charge in [0.2, 0.25) is 10.0 Å². The lowest BCUT2D eigenvalue weighted by atomic mass is 10.3. The van der Waals surface area contributed by atoms with Gasteiger partial charge in [-0.15, -0.1) is 0 Å². The monoisotopic (exact) mass is 384 g/mol. The van der Waals surface area contributed by atoms with Gasteiger partial charge in [0.1, 0.15) is 0 Å². The van der Waals surface area contributed by atoms with E-state index in [-0.39, 0.29) is 4.90 Å². The van der Waals surface area contributed by atoms with Crippen molar-refractivity contribution in [2.45, 2.75) is 24.7 Å². The van der Waals surface area contributed by atoms with Gasteiger partial charge >= 0.3 is 0 Å². The van der Waals surface area contributed by atoms with Gasteiger partial charge in [0.15, 0.2) is 0 Å². The van der Waals surface area contributed by atoms with Crippen molar-refractivity contribution in [2.24, 2.45) is 0 Å². The van der Waals surface area contributed by atoms with E-state index in [9.17, 15) is 8.42 Å². The fourth-order valence-electron chi connectivity index (χ4n) is 1.18. The molecule has 0 atom stereocenters. The van der Waals surface area contributed by atoms with Crippen LogP contribution in [0.1, 0.15) is 19.8 Å². The Morgan fingerprint density at radius 1 is 1.29 bits per heavy atom. The summed E-state index contributed by atoms with van der Waals surface area (Å²) in [5.41, 5.74) is 6.19. The molecule has 7 heteroatoms. The zero-order chi connectivity index (χ0) is 13.1. The first kappa shape index (κ1) is 14.9. The number of benzene rings is 1. The standard InChI is InChI=1S/C10H14Br2N2O2S/c1-2-3-4-14-17(15,16)7-5-8(11)10(13)9(12)6-7/h5-6,14H,2-4,13H2,1H3. The van der Waals surface area contributed by atoms with Crippen molar-refractivity contribution < 1.29 is 8.42 Å². The van der Waals surface area contributed by atoms with E-state index in [0.29, 0.717) is 21.2 Å². The molecule has 0 radical (unpaired) electrons. The highest BCUT2D eigenvalue weighted by molar-refractivity contribution is 9.11. The Balaban J connectivity index is 2.99. The van der Waals surface area contributed by atoms with Crippen molar-refractivity contribution in [1.29, 1.82) is 0 Å². The first-order chi connectivity index (χ1) is 7.88. The van der Waals surface area contributed by atoms with Crippen molar-refractivity contribution in [3.8, 4) is 0 Å². The van der Waals surface area contributed by atoms with E-state index in [1.807, 2.05) is 6.92 Å². The Bertz CT molecular complexity index is 480. The predicted octanol–water partition coefficient (Wildman–Crippen LogP) is 2.87. The minimum atomic E-state index is -3.46. The zero-order valence-electron chi connectivity index (χ0n) is 9.33. The van der Waals surface area contributed by atoms with E-state index in [1.54, 1.807) is 0 Å². The summed E-state index contributed by atoms with van der Waals surface area (Å²) >= 11 is 6.45. The SMILES string of the molecule is CCCCNS(=O)(=O)c1cc(Br)c(N)c(Br)c1. The molecular weight excluding hydrogens is 372 g/mol. The summed E-state index contributed by atoms with van der Waals surface area (Å²) in [4.78, 5) is 0.196. The number of anilines is 1. The third-order valence-corrected chi connectivity index (χ3v) is 4.94. The Labute approximate surface area is 118 Å². The van der Waals surface area contributed by atoms with Gasteiger partial charge in [-0.2, -0.15) is 0 Å². The van der Waals surface area contributed by atoms with Crippen molar-refractivity contribution in [3.63, 3.8) is 0 Å². The lowest BCUT2D eigenvalue weighted by Gasteiger charge is -2.09. The van der Waals surface area contributed by atoms with Gasteiger partial charge in [-0.25, -0.2) is 13.1 Å². The molecule has 3 N–H and O–H groups in total. The van der Waals surface area contributed by atoms with Gasteiger partial charge in [0, 0.05) is 15.5 Å². The fraction of sp³-hybridized carbons (Fsp3) is 0.400. The predicted molar refractivity (Wildman–Crippen MR) is 76.4 cm³/mol. The number of unbranched alkanes of at least 4 members (excludes halogenated alkanes) is 1. The molecule has 0 aromatic heterocycles. The highest BCUT2D eigenvalue weighted by Crippen LogP contribution is 2.31. The minimum Gasteiger partial charge on any atom is -0.397 e. The molecule has 17 heavy (non-hydrogen) atoms. The normalized spacial score (nSPS) is 11.7. The second kappa shape index (κ2) is 6.17. The highest BCUT2D eigenvalue weighted by Gasteiger charge is 2.16. The fourth-order valence-corrected chi connectivity index (χ4v) is 3.80. The van der Waals surface area contributed by atoms with Gasteiger partial charge in [-0.1, -0.05) is 13.3 Å². The van der Waals surface area contributed by atoms with Crippen LogP contribution in [0, 0.1) is 0 Å². The van der Waals surface area contributed by atoms with Crippen LogP contribution in [0.3, 0.4) is 0 Å². The first-order valence-corrected chi connectivity index (χ1v) is 8.19. The molecule has 0 aliphatic heterocycles. The topological polar surface area (TPSA) is 72.2 Å². The summed E-state index contributed by atoms with van der Waals surface area (Å²) < 4.78 is 27.5. The van der Waals surface area contributed by atoms with E-state index in [0.717, 1.165) is 12.8 Å². The number of nitrogens with one attached hydrogen (secondary N) is 1. The van der Waals surface area contributed by atoms with E-state index >= 15 is 0 Å². The van der Waals surface area contributed by atoms with Crippen LogP contribution >= 0.6 is 31.9 Å². The van der Waals surface area contributed by atoms with E-state index < -0.39 is 10.0 Å². The largest absolute Gasteiger partial charge is 0.397 e. The molecule has 96 valence electrons. The molecule has 0 heterocycles. The molecule has 0 amide bonds. The second-order valence-electron chi connectivity index (χ2n) is 3.55. The number of nitrogen functional groups attached to an aromatic ring is 1. The third-order valence-electron chi connectivity index (χ3n) is 2.19. The zero-order valence-corrected chi connectivity index (χ0v) is 13.3. The smallest absolute Gasteiger partial charge is 0.240 e. The molecule has 0 aliphatic carbocycles. The Kier molecular flexibility index (Phi) is 5.43. The first-order valence-electron chi connectivity index (χ1n) is 5.12. The van der Waals surface area contributed by atoms with Crippen LogP contribution in [0.15, 0.2) is 26.0 Å². The summed E-state index contributed by atoms with van der Waals surface area (Å²) in [5.74, 6) is 0. The molecular formula is C10H14Br2N2O2S. The molecule has 1 rings (SSSR count). The summed E-state index contributed by atoms with van der Waals surface area (Å²) in [5, 5.41) is 0. The van der Waals surface area contributed by atoms with Gasteiger partial charge in [0.25, 0.3) is 0 Å². The molecule has 0 saturated heterocycles. The van der Waals surface area contributed by atoms with Crippen LogP contribution in [-0.4, -0.2) is 15.0 Å². The Morgan fingerprint density at radius 3 is 2.29 bits per heavy atom. The molecule has 0 saturated carbocycles. The minimum absolute atomic E-state index is 0.196. The van der Waals surface area contributed by atoms with Crippen molar-refractivity contribution in [2.75, 3.05) is 12.3 Å². The van der Waals surface area contributed by atoms with Crippen LogP contribution in [-0.2, 0) is 10.0 Å². The average Bonchev–Trinajstić information content (AvgIpc) is 2.25. The number of nitrogens with two attached hydrogens (primary N) is 1. The lowest BCUT2D eigenvalue weighted by molar-refractivity contribution is 0.578. The number of hydrogen-bond acceptors (Lipinski definition) is 3. The summed E-state index contributed by atoms with van der Waals surface area (Å²) in [6.07, 6.45) is 1.76. The van der Waals surface area contributed by atoms with Crippen molar-refractivity contribution in [1.82, 2.24) is 4.72 Å². The summed E-state index contributed by atoms with van der Waals surface area (Å²) in [6.45, 7) is 2.45. The van der Waals surface area contributed by atoms with Gasteiger partial charge in [0.05, 0.1) is 10.6 Å². The van der Waals surface area contributed by atoms with Crippen LogP contribution in [0.5, 0.6) is 0 Å². The van der Waals surface area contributed by atoms with Crippen LogP contribution in [0.25, 0.3) is 0 Å². The Hall–Kier alpha value is -0.110. The number of rotatable bonds is 5. The molecule has 0 bridgehead atoms. The lowest BCUT2D eigenvalue weighted by Crippen LogP contribution is -2.24. The van der Waals surface area contributed by atoms with Gasteiger partial charge in [-0.05, 0) is 50.4 Å². The number of sulfonamides is 1. The van der Waals surface area contributed by atoms with Crippen LogP contribution < -0.4 is 10.5 Å². The maximum atomic E-state index is 11.9. The van der Waals surface area contributed by atoms with Gasteiger partial charge < -0.3 is 5.73 Å². The second-order valence-corrected chi connectivity index (χ2v) is 7.03. The average molecular weight is 386 g/mol. The van der Waals surface area contributed by atoms with Crippen LogP contribution in [0.4, 0.5) is 5.69 Å². The van der Waals surface area contributed by atoms with E-state index in [1.165, 1.54) is 12.1 Å². The van der Waals surface area contributed by atoms with E-state index in [2.05, 4.69) is 36.6 Å². The van der Waals surface area contributed by atoms with Crippen molar-refractivity contribution >= 4 is 47.6 Å². The number of halogens is 2. The maximum Gasteiger partial charge on any atom is 0.240 e. The molecule has 1 aromatic rings. The van der Waals surface area contributed by atoms with Crippen LogP contribution in [0.2, 0.25) is 0 Å². The Morgan fingerprint density at radius 2 is 1.82 bits per heavy atom. The van der Waals surface area contributed by atoms with Crippen molar-refractivity contribution in [3.05, 3.63) is 21.1 Å². The van der Waals surface area contributed by atoms with E-state index in [4.69, 9.17) is 5.73 Å². The number of hydrogen-bond donors (Lipinski definition) is 2. The molecule has 0 spiro atoms. The summed E-state index contributed by atoms with van der Waals surface area (Å²) in [7, 11) is -3.46. The molecule has 0 aliphatic rings. The molecule has 0 fully saturated rings. The molecule has 1 aromatic carbocycles. The maximum absolute atomic E-state index is 11.9.